The fourth-order valence-electron chi connectivity index (χ4n) is 1.42. The minimum atomic E-state index is -1.12. The summed E-state index contributed by atoms with van der Waals surface area (Å²) in [6.45, 7) is 1.39. The predicted octanol–water partition coefficient (Wildman–Crippen LogP) is -0.745. The Bertz CT molecular complexity index is 472. The normalized spacial score (nSPS) is 15.2. The second-order valence-electron chi connectivity index (χ2n) is 4.48. The molecule has 6 N–H and O–H groups in total. The smallest absolute Gasteiger partial charge is 0.330 e. The molecule has 0 aromatic heterocycles. The van der Waals surface area contributed by atoms with E-state index in [1.54, 1.807) is 12.1 Å². The van der Waals surface area contributed by atoms with Crippen molar-refractivity contribution in [3.63, 3.8) is 0 Å². The highest BCUT2D eigenvalue weighted by Crippen LogP contribution is 2.14. The monoisotopic (exact) mass is 282 g/mol. The summed E-state index contributed by atoms with van der Waals surface area (Å²) < 4.78 is 4.97. The Morgan fingerprint density at radius 1 is 1.25 bits per heavy atom. The molecule has 0 aliphatic carbocycles. The SMILES string of the molecule is C[C@@H](O)[C@H](N)C(=O)Oc1ccc(C[C@H](N)C(=O)O)cc1. The van der Waals surface area contributed by atoms with Crippen molar-refractivity contribution in [2.24, 2.45) is 11.5 Å². The minimum absolute atomic E-state index is 0.177. The van der Waals surface area contributed by atoms with Gasteiger partial charge in [-0.25, -0.2) is 4.79 Å². The number of ether oxygens (including phenoxy) is 1. The fourth-order valence-corrected chi connectivity index (χ4v) is 1.42. The largest absolute Gasteiger partial charge is 0.480 e. The molecular formula is C13H18N2O5. The third-order valence-electron chi connectivity index (χ3n) is 2.71. The van der Waals surface area contributed by atoms with E-state index in [0.717, 1.165) is 0 Å². The zero-order valence-corrected chi connectivity index (χ0v) is 11.0. The molecule has 3 atom stereocenters. The maximum Gasteiger partial charge on any atom is 0.330 e. The number of carbonyl (C=O) groups is 2. The first kappa shape index (κ1) is 16.1. The molecule has 0 radical (unpaired) electrons. The molecule has 0 unspecified atom stereocenters. The minimum Gasteiger partial charge on any atom is -0.480 e. The summed E-state index contributed by atoms with van der Waals surface area (Å²) in [6, 6.07) is 4.15. The Morgan fingerprint density at radius 2 is 1.80 bits per heavy atom. The highest BCUT2D eigenvalue weighted by atomic mass is 16.5. The van der Waals surface area contributed by atoms with Crippen LogP contribution in [-0.4, -0.2) is 40.3 Å². The second-order valence-corrected chi connectivity index (χ2v) is 4.48. The molecule has 0 fully saturated rings. The average Bonchev–Trinajstić information content (AvgIpc) is 2.39. The van der Waals surface area contributed by atoms with E-state index >= 15 is 0 Å². The van der Waals surface area contributed by atoms with Gasteiger partial charge in [0.05, 0.1) is 6.10 Å². The quantitative estimate of drug-likeness (QED) is 0.398. The van der Waals surface area contributed by atoms with Gasteiger partial charge in [0.25, 0.3) is 0 Å². The van der Waals surface area contributed by atoms with Gasteiger partial charge in [-0.1, -0.05) is 12.1 Å². The Kier molecular flexibility index (Phi) is 5.63. The number of carbonyl (C=O) groups excluding carboxylic acids is 1. The fraction of sp³-hybridized carbons (Fsp3) is 0.385. The van der Waals surface area contributed by atoms with Gasteiger partial charge in [-0.05, 0) is 31.0 Å². The van der Waals surface area contributed by atoms with E-state index in [0.29, 0.717) is 5.56 Å². The number of aliphatic hydroxyl groups is 1. The van der Waals surface area contributed by atoms with Gasteiger partial charge in [0.15, 0.2) is 0 Å². The molecule has 0 amide bonds. The molecule has 7 nitrogen and oxygen atoms in total. The van der Waals surface area contributed by atoms with Gasteiger partial charge in [0.1, 0.15) is 17.8 Å². The van der Waals surface area contributed by atoms with Crippen molar-refractivity contribution >= 4 is 11.9 Å². The number of benzene rings is 1. The molecule has 0 heterocycles. The van der Waals surface area contributed by atoms with Gasteiger partial charge in [-0.3, -0.25) is 4.79 Å². The van der Waals surface area contributed by atoms with Crippen LogP contribution in [0.5, 0.6) is 5.75 Å². The summed E-state index contributed by atoms with van der Waals surface area (Å²) >= 11 is 0. The molecule has 1 aromatic rings. The third kappa shape index (κ3) is 4.61. The molecule has 1 aromatic carbocycles. The lowest BCUT2D eigenvalue weighted by Crippen LogP contribution is -2.42. The lowest BCUT2D eigenvalue weighted by atomic mass is 10.1. The molecule has 0 saturated carbocycles. The second kappa shape index (κ2) is 6.99. The number of carboxylic acids is 1. The molecule has 0 bridgehead atoms. The molecule has 0 spiro atoms. The first-order valence-corrected chi connectivity index (χ1v) is 6.04. The van der Waals surface area contributed by atoms with Crippen LogP contribution in [0.3, 0.4) is 0 Å². The van der Waals surface area contributed by atoms with Crippen molar-refractivity contribution in [3.05, 3.63) is 29.8 Å². The molecule has 7 heteroatoms. The Labute approximate surface area is 116 Å². The Morgan fingerprint density at radius 3 is 2.25 bits per heavy atom. The molecule has 110 valence electrons. The number of carboxylic acid groups (broad SMARTS) is 1. The Balaban J connectivity index is 2.63. The zero-order chi connectivity index (χ0) is 15.3. The highest BCUT2D eigenvalue weighted by Gasteiger charge is 2.21. The number of aliphatic carboxylic acids is 1. The number of nitrogens with two attached hydrogens (primary N) is 2. The highest BCUT2D eigenvalue weighted by molar-refractivity contribution is 5.78. The third-order valence-corrected chi connectivity index (χ3v) is 2.71. The number of aliphatic hydroxyl groups excluding tert-OH is 1. The summed E-state index contributed by atoms with van der Waals surface area (Å²) in [6.07, 6.45) is -0.827. The summed E-state index contributed by atoms with van der Waals surface area (Å²) in [4.78, 5) is 22.1. The van der Waals surface area contributed by atoms with E-state index in [1.807, 2.05) is 0 Å². The van der Waals surface area contributed by atoms with Gasteiger partial charge in [0, 0.05) is 0 Å². The van der Waals surface area contributed by atoms with Crippen molar-refractivity contribution in [3.8, 4) is 5.75 Å². The van der Waals surface area contributed by atoms with Crippen LogP contribution < -0.4 is 16.2 Å². The topological polar surface area (TPSA) is 136 Å². The Hall–Kier alpha value is -1.96. The standard InChI is InChI=1S/C13H18N2O5/c1-7(16)11(15)13(19)20-9-4-2-8(3-5-9)6-10(14)12(17)18/h2-5,7,10-11,16H,6,14-15H2,1H3,(H,17,18)/t7-,10+,11+/m1/s1. The molecule has 0 aliphatic rings. The van der Waals surface area contributed by atoms with E-state index in [4.69, 9.17) is 26.4 Å². The predicted molar refractivity (Wildman–Crippen MR) is 71.0 cm³/mol. The van der Waals surface area contributed by atoms with Crippen molar-refractivity contribution in [1.82, 2.24) is 0 Å². The summed E-state index contributed by atoms with van der Waals surface area (Å²) in [5.74, 6) is -1.56. The summed E-state index contributed by atoms with van der Waals surface area (Å²) in [7, 11) is 0. The summed E-state index contributed by atoms with van der Waals surface area (Å²) in [5, 5.41) is 17.9. The van der Waals surface area contributed by atoms with Crippen LogP contribution in [0.15, 0.2) is 24.3 Å². The van der Waals surface area contributed by atoms with Gasteiger partial charge in [-0.2, -0.15) is 0 Å². The molecule has 0 saturated heterocycles. The molecule has 0 aliphatic heterocycles. The van der Waals surface area contributed by atoms with Crippen molar-refractivity contribution in [2.75, 3.05) is 0 Å². The van der Waals surface area contributed by atoms with E-state index in [9.17, 15) is 9.59 Å². The maximum absolute atomic E-state index is 11.5. The van der Waals surface area contributed by atoms with Crippen LogP contribution in [0.1, 0.15) is 12.5 Å². The van der Waals surface area contributed by atoms with Gasteiger partial charge in [0.2, 0.25) is 0 Å². The van der Waals surface area contributed by atoms with Crippen molar-refractivity contribution in [1.29, 1.82) is 0 Å². The van der Waals surface area contributed by atoms with Crippen LogP contribution in [0.2, 0.25) is 0 Å². The summed E-state index contributed by atoms with van der Waals surface area (Å²) in [5.41, 5.74) is 11.5. The zero-order valence-electron chi connectivity index (χ0n) is 11.0. The van der Waals surface area contributed by atoms with E-state index in [-0.39, 0.29) is 12.2 Å². The number of hydrogen-bond donors (Lipinski definition) is 4. The van der Waals surface area contributed by atoms with Gasteiger partial charge >= 0.3 is 11.9 Å². The van der Waals surface area contributed by atoms with Crippen molar-refractivity contribution in [2.45, 2.75) is 31.5 Å². The number of hydrogen-bond acceptors (Lipinski definition) is 6. The van der Waals surface area contributed by atoms with Crippen LogP contribution in [0.4, 0.5) is 0 Å². The average molecular weight is 282 g/mol. The lowest BCUT2D eigenvalue weighted by Gasteiger charge is -2.13. The van der Waals surface area contributed by atoms with E-state index < -0.39 is 30.1 Å². The maximum atomic E-state index is 11.5. The van der Waals surface area contributed by atoms with E-state index in [2.05, 4.69) is 0 Å². The first-order chi connectivity index (χ1) is 9.31. The van der Waals surface area contributed by atoms with Gasteiger partial charge < -0.3 is 26.4 Å². The molecule has 20 heavy (non-hydrogen) atoms. The molecular weight excluding hydrogens is 264 g/mol. The van der Waals surface area contributed by atoms with Crippen LogP contribution in [0, 0.1) is 0 Å². The number of rotatable bonds is 6. The van der Waals surface area contributed by atoms with Crippen LogP contribution in [0.25, 0.3) is 0 Å². The van der Waals surface area contributed by atoms with Crippen LogP contribution >= 0.6 is 0 Å². The first-order valence-electron chi connectivity index (χ1n) is 6.04. The van der Waals surface area contributed by atoms with E-state index in [1.165, 1.54) is 19.1 Å². The van der Waals surface area contributed by atoms with Crippen molar-refractivity contribution < 1.29 is 24.5 Å². The van der Waals surface area contributed by atoms with Crippen LogP contribution in [-0.2, 0) is 16.0 Å². The number of esters is 1. The molecule has 1 rings (SSSR count). The lowest BCUT2D eigenvalue weighted by molar-refractivity contribution is -0.139. The van der Waals surface area contributed by atoms with Gasteiger partial charge in [-0.15, -0.1) is 0 Å².